The highest BCUT2D eigenvalue weighted by molar-refractivity contribution is 7.98. The Morgan fingerprint density at radius 3 is 2.51 bits per heavy atom. The Morgan fingerprint density at radius 2 is 1.83 bits per heavy atom. The van der Waals surface area contributed by atoms with Gasteiger partial charge in [-0.1, -0.05) is 18.3 Å². The second kappa shape index (κ2) is 11.6. The van der Waals surface area contributed by atoms with Gasteiger partial charge in [0.2, 0.25) is 5.95 Å². The number of hydrogen-bond donors (Lipinski definition) is 2. The van der Waals surface area contributed by atoms with Gasteiger partial charge in [0.1, 0.15) is 11.4 Å². The summed E-state index contributed by atoms with van der Waals surface area (Å²) in [7, 11) is 0. The first-order chi connectivity index (χ1) is 19.4. The number of thioether (sulfide) groups is 1. The average molecular weight is 602 g/mol. The number of carbonyl (C=O) groups is 2. The van der Waals surface area contributed by atoms with E-state index in [4.69, 9.17) is 4.74 Å². The number of halogens is 1. The van der Waals surface area contributed by atoms with Crippen molar-refractivity contribution in [1.29, 1.82) is 0 Å². The van der Waals surface area contributed by atoms with Crippen LogP contribution in [0.1, 0.15) is 44.5 Å². The van der Waals surface area contributed by atoms with Gasteiger partial charge in [0.25, 0.3) is 5.91 Å². The topological polar surface area (TPSA) is 113 Å². The Hall–Kier alpha value is -3.19. The number of nitrogens with one attached hydrogen (secondary N) is 2. The molecule has 2 fully saturated rings. The summed E-state index contributed by atoms with van der Waals surface area (Å²) >= 11 is 2.99. The first-order valence-corrected chi connectivity index (χ1v) is 15.7. The third kappa shape index (κ3) is 6.83. The summed E-state index contributed by atoms with van der Waals surface area (Å²) in [5.74, 6) is -0.0643. The molecule has 4 heterocycles. The van der Waals surface area contributed by atoms with Crippen molar-refractivity contribution < 1.29 is 18.7 Å². The molecule has 0 unspecified atom stereocenters. The van der Waals surface area contributed by atoms with Gasteiger partial charge in [0.05, 0.1) is 15.8 Å². The molecular weight excluding hydrogens is 565 g/mol. The number of nitrogens with zero attached hydrogens (tertiary/aromatic N) is 5. The van der Waals surface area contributed by atoms with Crippen LogP contribution in [0.15, 0.2) is 29.4 Å². The van der Waals surface area contributed by atoms with E-state index in [1.165, 1.54) is 17.4 Å². The van der Waals surface area contributed by atoms with Crippen molar-refractivity contribution in [2.24, 2.45) is 11.3 Å². The van der Waals surface area contributed by atoms with E-state index in [1.54, 1.807) is 40.0 Å². The van der Waals surface area contributed by atoms with E-state index in [0.717, 1.165) is 16.0 Å². The third-order valence-electron chi connectivity index (χ3n) is 7.21. The maximum atomic E-state index is 15.1. The van der Waals surface area contributed by atoms with Crippen molar-refractivity contribution >= 4 is 56.4 Å². The van der Waals surface area contributed by atoms with Crippen molar-refractivity contribution in [1.82, 2.24) is 24.8 Å². The van der Waals surface area contributed by atoms with Gasteiger partial charge in [-0.25, -0.2) is 24.1 Å². The molecule has 1 aromatic carbocycles. The van der Waals surface area contributed by atoms with Crippen LogP contribution in [-0.4, -0.2) is 87.9 Å². The number of amides is 2. The summed E-state index contributed by atoms with van der Waals surface area (Å²) in [6.45, 7) is 11.1. The van der Waals surface area contributed by atoms with Gasteiger partial charge in [-0.05, 0) is 45.4 Å². The van der Waals surface area contributed by atoms with Crippen LogP contribution in [0.4, 0.5) is 20.3 Å². The number of benzene rings is 1. The van der Waals surface area contributed by atoms with Crippen molar-refractivity contribution in [3.8, 4) is 0 Å². The standard InChI is InChI=1S/C28H36FN7O3S2/c1-17(10-30-24-31-12-18(40-5)13-32-24)11-33-25-34-21-9-20(29)19(8-22(21)41-25)23(37)35-7-6-28(14-35)15-36(16-28)26(38)39-27(2,3)4/h8-9,12-13,17H,6-7,10-11,14-16H2,1-5H3,(H,33,34)(H,30,31,32)/t17-/m0/s1. The Bertz CT molecular complexity index is 1420. The smallest absolute Gasteiger partial charge is 0.410 e. The predicted molar refractivity (Wildman–Crippen MR) is 160 cm³/mol. The first kappa shape index (κ1) is 29.3. The SMILES string of the molecule is CSc1cnc(NC[C@H](C)CNc2nc3cc(F)c(C(=O)N4CCC5(CN(C(=O)OC(C)(C)C)C5)C4)cc3s2)nc1. The van der Waals surface area contributed by atoms with E-state index in [0.29, 0.717) is 55.9 Å². The van der Waals surface area contributed by atoms with Crippen LogP contribution in [0.2, 0.25) is 0 Å². The molecule has 5 rings (SSSR count). The highest BCUT2D eigenvalue weighted by Gasteiger charge is 2.51. The van der Waals surface area contributed by atoms with Gasteiger partial charge in [-0.2, -0.15) is 0 Å². The Balaban J connectivity index is 1.15. The second-order valence-corrected chi connectivity index (χ2v) is 13.9. The number of carbonyl (C=O) groups excluding carboxylic acids is 2. The lowest BCUT2D eigenvalue weighted by atomic mass is 9.79. The van der Waals surface area contributed by atoms with Crippen LogP contribution in [0, 0.1) is 17.2 Å². The minimum absolute atomic E-state index is 0.0538. The number of likely N-dealkylation sites (tertiary alicyclic amines) is 2. The number of thiazole rings is 1. The van der Waals surface area contributed by atoms with E-state index in [-0.39, 0.29) is 28.9 Å². The second-order valence-electron chi connectivity index (χ2n) is 11.9. The minimum atomic E-state index is -0.575. The highest BCUT2D eigenvalue weighted by Crippen LogP contribution is 2.41. The average Bonchev–Trinajstić information content (AvgIpc) is 3.53. The van der Waals surface area contributed by atoms with Crippen LogP contribution in [-0.2, 0) is 4.74 Å². The monoisotopic (exact) mass is 601 g/mol. The van der Waals surface area contributed by atoms with E-state index in [9.17, 15) is 9.59 Å². The normalized spacial score (nSPS) is 17.0. The molecule has 41 heavy (non-hydrogen) atoms. The number of hydrogen-bond acceptors (Lipinski definition) is 10. The molecular formula is C28H36FN7O3S2. The molecule has 0 aliphatic carbocycles. The van der Waals surface area contributed by atoms with Crippen molar-refractivity contribution in [3.05, 3.63) is 35.9 Å². The van der Waals surface area contributed by atoms with Crippen LogP contribution < -0.4 is 10.6 Å². The van der Waals surface area contributed by atoms with Gasteiger partial charge in [-0.3, -0.25) is 4.79 Å². The molecule has 1 spiro atoms. The van der Waals surface area contributed by atoms with Crippen LogP contribution >= 0.6 is 23.1 Å². The molecule has 2 aliphatic rings. The fraction of sp³-hybridized carbons (Fsp3) is 0.536. The van der Waals surface area contributed by atoms with Gasteiger partial charge in [0.15, 0.2) is 5.13 Å². The number of ether oxygens (including phenoxy) is 1. The molecule has 2 aliphatic heterocycles. The summed E-state index contributed by atoms with van der Waals surface area (Å²) in [4.78, 5) is 43.2. The predicted octanol–water partition coefficient (Wildman–Crippen LogP) is 5.19. The number of aromatic nitrogens is 3. The summed E-state index contributed by atoms with van der Waals surface area (Å²) in [6, 6.07) is 2.94. The molecule has 1 atom stereocenters. The molecule has 2 aromatic heterocycles. The fourth-order valence-corrected chi connectivity index (χ4v) is 6.27. The lowest BCUT2D eigenvalue weighted by Gasteiger charge is -2.47. The lowest BCUT2D eigenvalue weighted by Crippen LogP contribution is -2.60. The lowest BCUT2D eigenvalue weighted by molar-refractivity contribution is -0.0297. The zero-order valence-electron chi connectivity index (χ0n) is 24.0. The van der Waals surface area contributed by atoms with Crippen LogP contribution in [0.25, 0.3) is 10.2 Å². The van der Waals surface area contributed by atoms with E-state index >= 15 is 4.39 Å². The zero-order valence-corrected chi connectivity index (χ0v) is 25.6. The molecule has 3 aromatic rings. The summed E-state index contributed by atoms with van der Waals surface area (Å²) in [6.07, 6.45) is 6.00. The summed E-state index contributed by atoms with van der Waals surface area (Å²) in [5.41, 5.74) is -0.127. The molecule has 13 heteroatoms. The number of fused-ring (bicyclic) bond motifs is 1. The van der Waals surface area contributed by atoms with E-state index in [1.807, 2.05) is 27.0 Å². The van der Waals surface area contributed by atoms with E-state index in [2.05, 4.69) is 32.5 Å². The minimum Gasteiger partial charge on any atom is -0.444 e. The molecule has 0 bridgehead atoms. The van der Waals surface area contributed by atoms with Gasteiger partial charge < -0.3 is 25.2 Å². The molecule has 220 valence electrons. The third-order valence-corrected chi connectivity index (χ3v) is 8.87. The number of anilines is 2. The fourth-order valence-electron chi connectivity index (χ4n) is 5.06. The quantitative estimate of drug-likeness (QED) is 0.337. The van der Waals surface area contributed by atoms with Crippen molar-refractivity contribution in [3.63, 3.8) is 0 Å². The largest absolute Gasteiger partial charge is 0.444 e. The Morgan fingerprint density at radius 1 is 1.15 bits per heavy atom. The Labute approximate surface area is 247 Å². The van der Waals surface area contributed by atoms with Crippen LogP contribution in [0.5, 0.6) is 0 Å². The maximum absolute atomic E-state index is 15.1. The maximum Gasteiger partial charge on any atom is 0.410 e. The summed E-state index contributed by atoms with van der Waals surface area (Å²) < 4.78 is 21.3. The van der Waals surface area contributed by atoms with E-state index < -0.39 is 11.4 Å². The molecule has 0 saturated carbocycles. The van der Waals surface area contributed by atoms with Gasteiger partial charge in [-0.15, -0.1) is 11.8 Å². The van der Waals surface area contributed by atoms with Crippen molar-refractivity contribution in [2.45, 2.75) is 44.6 Å². The van der Waals surface area contributed by atoms with Gasteiger partial charge >= 0.3 is 6.09 Å². The zero-order chi connectivity index (χ0) is 29.4. The van der Waals surface area contributed by atoms with Crippen LogP contribution in [0.3, 0.4) is 0 Å². The highest BCUT2D eigenvalue weighted by atomic mass is 32.2. The van der Waals surface area contributed by atoms with Crippen molar-refractivity contribution in [2.75, 3.05) is 56.2 Å². The molecule has 2 amide bonds. The number of rotatable bonds is 8. The molecule has 10 nitrogen and oxygen atoms in total. The van der Waals surface area contributed by atoms with Gasteiger partial charge in [0, 0.05) is 68.0 Å². The molecule has 2 saturated heterocycles. The molecule has 2 N–H and O–H groups in total. The summed E-state index contributed by atoms with van der Waals surface area (Å²) in [5, 5.41) is 7.24. The molecule has 0 radical (unpaired) electrons. The Kier molecular flexibility index (Phi) is 8.29. The first-order valence-electron chi connectivity index (χ1n) is 13.6.